The van der Waals surface area contributed by atoms with E-state index in [1.807, 2.05) is 30.9 Å². The highest BCUT2D eigenvalue weighted by atomic mass is 79.9. The molecule has 0 radical (unpaired) electrons. The standard InChI is InChI=1S/C17H20BrNOS/c1-12(21-16-10-6-14(18)7-11-16)17(19-2)13-4-8-15(20-3)9-5-13/h4-12,17,19H,1-3H3. The van der Waals surface area contributed by atoms with Crippen molar-refractivity contribution in [1.82, 2.24) is 5.32 Å². The van der Waals surface area contributed by atoms with Crippen molar-refractivity contribution in [2.75, 3.05) is 14.2 Å². The molecule has 0 aliphatic heterocycles. The van der Waals surface area contributed by atoms with Gasteiger partial charge >= 0.3 is 0 Å². The van der Waals surface area contributed by atoms with Gasteiger partial charge in [0.1, 0.15) is 5.75 Å². The van der Waals surface area contributed by atoms with Crippen LogP contribution in [-0.4, -0.2) is 19.4 Å². The molecule has 4 heteroatoms. The molecule has 0 aromatic heterocycles. The number of methoxy groups -OCH3 is 1. The van der Waals surface area contributed by atoms with E-state index in [4.69, 9.17) is 4.74 Å². The average Bonchev–Trinajstić information content (AvgIpc) is 2.51. The summed E-state index contributed by atoms with van der Waals surface area (Å²) in [6.07, 6.45) is 0. The van der Waals surface area contributed by atoms with Gasteiger partial charge in [0.05, 0.1) is 7.11 Å². The Balaban J connectivity index is 2.09. The number of hydrogen-bond donors (Lipinski definition) is 1. The molecule has 2 atom stereocenters. The highest BCUT2D eigenvalue weighted by molar-refractivity contribution is 9.10. The number of halogens is 1. The number of hydrogen-bond acceptors (Lipinski definition) is 3. The van der Waals surface area contributed by atoms with E-state index in [0.29, 0.717) is 11.3 Å². The average molecular weight is 366 g/mol. The fraction of sp³-hybridized carbons (Fsp3) is 0.294. The van der Waals surface area contributed by atoms with E-state index in [9.17, 15) is 0 Å². The van der Waals surface area contributed by atoms with Crippen molar-refractivity contribution >= 4 is 27.7 Å². The van der Waals surface area contributed by atoms with E-state index in [0.717, 1.165) is 10.2 Å². The summed E-state index contributed by atoms with van der Waals surface area (Å²) in [5.41, 5.74) is 1.27. The fourth-order valence-electron chi connectivity index (χ4n) is 2.28. The molecule has 0 saturated heterocycles. The Kier molecular flexibility index (Phi) is 6.15. The van der Waals surface area contributed by atoms with Crippen molar-refractivity contribution in [3.05, 3.63) is 58.6 Å². The SMILES string of the molecule is CNC(c1ccc(OC)cc1)C(C)Sc1ccc(Br)cc1. The molecular formula is C17H20BrNOS. The Morgan fingerprint density at radius 2 is 1.67 bits per heavy atom. The van der Waals surface area contributed by atoms with Crippen LogP contribution in [-0.2, 0) is 0 Å². The number of rotatable bonds is 6. The summed E-state index contributed by atoms with van der Waals surface area (Å²) < 4.78 is 6.33. The zero-order chi connectivity index (χ0) is 15.2. The van der Waals surface area contributed by atoms with Crippen LogP contribution < -0.4 is 10.1 Å². The molecular weight excluding hydrogens is 346 g/mol. The van der Waals surface area contributed by atoms with Crippen LogP contribution in [0.2, 0.25) is 0 Å². The van der Waals surface area contributed by atoms with Gasteiger partial charge in [-0.3, -0.25) is 0 Å². The Bertz CT molecular complexity index is 556. The molecule has 0 aliphatic rings. The van der Waals surface area contributed by atoms with Crippen LogP contribution in [0.15, 0.2) is 57.9 Å². The van der Waals surface area contributed by atoms with Crippen molar-refractivity contribution in [1.29, 1.82) is 0 Å². The summed E-state index contributed by atoms with van der Waals surface area (Å²) in [7, 11) is 3.70. The predicted molar refractivity (Wildman–Crippen MR) is 94.3 cm³/mol. The maximum atomic E-state index is 5.22. The summed E-state index contributed by atoms with van der Waals surface area (Å²) in [4.78, 5) is 1.28. The first-order valence-electron chi connectivity index (χ1n) is 6.87. The number of ether oxygens (including phenoxy) is 1. The summed E-state index contributed by atoms with van der Waals surface area (Å²) in [5, 5.41) is 3.84. The van der Waals surface area contributed by atoms with Crippen molar-refractivity contribution in [3.63, 3.8) is 0 Å². The van der Waals surface area contributed by atoms with E-state index in [-0.39, 0.29) is 0 Å². The minimum atomic E-state index is 0.296. The van der Waals surface area contributed by atoms with Crippen molar-refractivity contribution in [2.45, 2.75) is 23.1 Å². The molecule has 0 amide bonds. The van der Waals surface area contributed by atoms with E-state index in [1.54, 1.807) is 7.11 Å². The van der Waals surface area contributed by atoms with E-state index in [2.05, 4.69) is 64.6 Å². The van der Waals surface area contributed by atoms with Gasteiger partial charge < -0.3 is 10.1 Å². The van der Waals surface area contributed by atoms with Crippen LogP contribution in [0.5, 0.6) is 5.75 Å². The van der Waals surface area contributed by atoms with Crippen LogP contribution in [0.3, 0.4) is 0 Å². The van der Waals surface area contributed by atoms with Crippen LogP contribution >= 0.6 is 27.7 Å². The minimum absolute atomic E-state index is 0.296. The lowest BCUT2D eigenvalue weighted by atomic mass is 10.0. The molecule has 0 spiro atoms. The van der Waals surface area contributed by atoms with E-state index >= 15 is 0 Å². The Morgan fingerprint density at radius 1 is 1.05 bits per heavy atom. The molecule has 0 fully saturated rings. The molecule has 2 unspecified atom stereocenters. The monoisotopic (exact) mass is 365 g/mol. The number of thioether (sulfide) groups is 1. The predicted octanol–water partition coefficient (Wildman–Crippen LogP) is 4.90. The van der Waals surface area contributed by atoms with Gasteiger partial charge in [0.2, 0.25) is 0 Å². The Hall–Kier alpha value is -0.970. The quantitative estimate of drug-likeness (QED) is 0.735. The summed E-state index contributed by atoms with van der Waals surface area (Å²) in [6.45, 7) is 2.25. The van der Waals surface area contributed by atoms with Gasteiger partial charge in [0, 0.05) is 20.7 Å². The first kappa shape index (κ1) is 16.4. The van der Waals surface area contributed by atoms with E-state index < -0.39 is 0 Å². The zero-order valence-electron chi connectivity index (χ0n) is 12.5. The summed E-state index contributed by atoms with van der Waals surface area (Å²) in [6, 6.07) is 17.0. The second-order valence-electron chi connectivity index (χ2n) is 4.82. The van der Waals surface area contributed by atoms with Crippen LogP contribution in [0, 0.1) is 0 Å². The van der Waals surface area contributed by atoms with Gasteiger partial charge in [0.25, 0.3) is 0 Å². The summed E-state index contributed by atoms with van der Waals surface area (Å²) in [5.74, 6) is 0.891. The fourth-order valence-corrected chi connectivity index (χ4v) is 3.70. The Labute approximate surface area is 139 Å². The molecule has 0 aliphatic carbocycles. The van der Waals surface area contributed by atoms with Gasteiger partial charge in [-0.05, 0) is 49.0 Å². The highest BCUT2D eigenvalue weighted by Gasteiger charge is 2.18. The van der Waals surface area contributed by atoms with Crippen molar-refractivity contribution < 1.29 is 4.74 Å². The zero-order valence-corrected chi connectivity index (χ0v) is 14.9. The lowest BCUT2D eigenvalue weighted by Gasteiger charge is -2.24. The first-order valence-corrected chi connectivity index (χ1v) is 8.54. The van der Waals surface area contributed by atoms with Gasteiger partial charge in [-0.15, -0.1) is 11.8 Å². The smallest absolute Gasteiger partial charge is 0.118 e. The second-order valence-corrected chi connectivity index (χ2v) is 7.18. The normalized spacial score (nSPS) is 13.7. The molecule has 2 rings (SSSR count). The lowest BCUT2D eigenvalue weighted by Crippen LogP contribution is -2.25. The number of benzene rings is 2. The molecule has 2 aromatic carbocycles. The van der Waals surface area contributed by atoms with Crippen LogP contribution in [0.25, 0.3) is 0 Å². The first-order chi connectivity index (χ1) is 10.1. The van der Waals surface area contributed by atoms with Gasteiger partial charge in [-0.25, -0.2) is 0 Å². The topological polar surface area (TPSA) is 21.3 Å². The minimum Gasteiger partial charge on any atom is -0.497 e. The summed E-state index contributed by atoms with van der Waals surface area (Å²) >= 11 is 5.35. The second kappa shape index (κ2) is 7.87. The maximum absolute atomic E-state index is 5.22. The molecule has 2 aromatic rings. The molecule has 0 bridgehead atoms. The van der Waals surface area contributed by atoms with Crippen LogP contribution in [0.4, 0.5) is 0 Å². The van der Waals surface area contributed by atoms with Gasteiger partial charge in [-0.2, -0.15) is 0 Å². The molecule has 2 nitrogen and oxygen atoms in total. The largest absolute Gasteiger partial charge is 0.497 e. The molecule has 1 N–H and O–H groups in total. The third-order valence-corrected chi connectivity index (χ3v) is 5.11. The molecule has 112 valence electrons. The molecule has 0 saturated carbocycles. The van der Waals surface area contributed by atoms with Crippen LogP contribution in [0.1, 0.15) is 18.5 Å². The number of nitrogens with one attached hydrogen (secondary N) is 1. The van der Waals surface area contributed by atoms with Crippen molar-refractivity contribution in [2.24, 2.45) is 0 Å². The van der Waals surface area contributed by atoms with E-state index in [1.165, 1.54) is 10.5 Å². The highest BCUT2D eigenvalue weighted by Crippen LogP contribution is 2.33. The third kappa shape index (κ3) is 4.50. The molecule has 0 heterocycles. The Morgan fingerprint density at radius 3 is 2.19 bits per heavy atom. The maximum Gasteiger partial charge on any atom is 0.118 e. The third-order valence-electron chi connectivity index (χ3n) is 3.39. The van der Waals surface area contributed by atoms with Gasteiger partial charge in [0.15, 0.2) is 0 Å². The molecule has 21 heavy (non-hydrogen) atoms. The van der Waals surface area contributed by atoms with Crippen molar-refractivity contribution in [3.8, 4) is 5.75 Å². The lowest BCUT2D eigenvalue weighted by molar-refractivity contribution is 0.414. The van der Waals surface area contributed by atoms with Gasteiger partial charge in [-0.1, -0.05) is 35.0 Å².